The minimum atomic E-state index is -0.749. The summed E-state index contributed by atoms with van der Waals surface area (Å²) in [7, 11) is 0. The Morgan fingerprint density at radius 1 is 1.31 bits per heavy atom. The van der Waals surface area contributed by atoms with Crippen molar-refractivity contribution < 1.29 is 14.0 Å². The van der Waals surface area contributed by atoms with Crippen LogP contribution in [0.5, 0.6) is 0 Å². The molecule has 0 aromatic rings. The molecule has 194 valence electrons. The van der Waals surface area contributed by atoms with Crippen LogP contribution in [0, 0.1) is 16.2 Å². The van der Waals surface area contributed by atoms with E-state index in [-0.39, 0.29) is 49.0 Å². The first-order valence-corrected chi connectivity index (χ1v) is 12.4. The van der Waals surface area contributed by atoms with Gasteiger partial charge in [-0.15, -0.1) is 4.91 Å². The number of hydrogen-bond acceptors (Lipinski definition) is 8. The van der Waals surface area contributed by atoms with Crippen LogP contribution in [-0.4, -0.2) is 54.9 Å². The highest BCUT2D eigenvalue weighted by molar-refractivity contribution is 6.31. The maximum Gasteiger partial charge on any atom is 0.286 e. The van der Waals surface area contributed by atoms with E-state index in [1.165, 1.54) is 0 Å². The lowest BCUT2D eigenvalue weighted by atomic mass is 9.84. The molecule has 12 heteroatoms. The lowest BCUT2D eigenvalue weighted by molar-refractivity contribution is -0.135. The maximum atomic E-state index is 14.6. The van der Waals surface area contributed by atoms with E-state index in [9.17, 15) is 18.9 Å². The summed E-state index contributed by atoms with van der Waals surface area (Å²) in [6.45, 7) is 5.22. The van der Waals surface area contributed by atoms with E-state index >= 15 is 0 Å². The van der Waals surface area contributed by atoms with E-state index in [4.69, 9.17) is 11.6 Å². The molecular formula is C24H31ClFN7O3. The van der Waals surface area contributed by atoms with E-state index < -0.39 is 11.3 Å². The number of nitrogens with zero attached hydrogens (tertiary/aromatic N) is 3. The molecule has 10 nitrogen and oxygen atoms in total. The highest BCUT2D eigenvalue weighted by Crippen LogP contribution is 2.29. The number of halogens is 2. The fourth-order valence-corrected chi connectivity index (χ4v) is 5.01. The minimum absolute atomic E-state index is 0.0200. The molecule has 0 bridgehead atoms. The van der Waals surface area contributed by atoms with Crippen LogP contribution in [-0.2, 0) is 9.59 Å². The number of piperidine rings is 1. The summed E-state index contributed by atoms with van der Waals surface area (Å²) in [4.78, 5) is 41.0. The van der Waals surface area contributed by atoms with E-state index in [0.717, 1.165) is 24.0 Å². The van der Waals surface area contributed by atoms with Crippen molar-refractivity contribution in [1.29, 1.82) is 0 Å². The van der Waals surface area contributed by atoms with E-state index in [1.54, 1.807) is 24.9 Å². The molecule has 2 atom stereocenters. The van der Waals surface area contributed by atoms with Crippen LogP contribution in [0.1, 0.15) is 39.5 Å². The van der Waals surface area contributed by atoms with Gasteiger partial charge in [0.05, 0.1) is 11.6 Å². The zero-order chi connectivity index (χ0) is 25.9. The van der Waals surface area contributed by atoms with Gasteiger partial charge in [-0.1, -0.05) is 25.4 Å². The molecule has 0 saturated carbocycles. The number of likely N-dealkylation sites (tertiary alicyclic amines) is 1. The Morgan fingerprint density at radius 2 is 2.08 bits per heavy atom. The molecule has 0 spiro atoms. The lowest BCUT2D eigenvalue weighted by Gasteiger charge is -2.35. The number of amidine groups is 1. The molecule has 0 aliphatic carbocycles. The van der Waals surface area contributed by atoms with Crippen LogP contribution in [0.25, 0.3) is 0 Å². The number of carbonyl (C=O) groups is 2. The lowest BCUT2D eigenvalue weighted by Crippen LogP contribution is -2.44. The summed E-state index contributed by atoms with van der Waals surface area (Å²) in [5.74, 6) is -0.327. The van der Waals surface area contributed by atoms with E-state index in [0.29, 0.717) is 30.5 Å². The number of amides is 2. The summed E-state index contributed by atoms with van der Waals surface area (Å²) < 4.78 is 14.6. The monoisotopic (exact) mass is 519 g/mol. The smallest absolute Gasteiger partial charge is 0.286 e. The quantitative estimate of drug-likeness (QED) is 0.363. The van der Waals surface area contributed by atoms with Gasteiger partial charge in [0.2, 0.25) is 5.91 Å². The van der Waals surface area contributed by atoms with Crippen molar-refractivity contribution in [2.24, 2.45) is 21.5 Å². The Balaban J connectivity index is 1.35. The molecule has 0 aromatic heterocycles. The number of nitrogens with one attached hydrogen (secondary N) is 4. The molecule has 4 heterocycles. The Hall–Kier alpha value is -3.21. The second-order valence-electron chi connectivity index (χ2n) is 10.3. The van der Waals surface area contributed by atoms with Crippen molar-refractivity contribution in [3.8, 4) is 0 Å². The van der Waals surface area contributed by atoms with Gasteiger partial charge in [0.15, 0.2) is 11.6 Å². The van der Waals surface area contributed by atoms with Gasteiger partial charge in [-0.2, -0.15) is 0 Å². The molecule has 0 radical (unpaired) electrons. The Bertz CT molecular complexity index is 1100. The normalized spacial score (nSPS) is 23.7. The van der Waals surface area contributed by atoms with Gasteiger partial charge >= 0.3 is 0 Å². The molecule has 2 amide bonds. The highest BCUT2D eigenvalue weighted by Gasteiger charge is 2.32. The summed E-state index contributed by atoms with van der Waals surface area (Å²) in [5.41, 5.74) is 1.09. The molecule has 4 rings (SSSR count). The topological polar surface area (TPSA) is 127 Å². The number of dihydropyridines is 1. The van der Waals surface area contributed by atoms with E-state index in [2.05, 4.69) is 31.4 Å². The number of aliphatic imine (C=N–C) groups is 1. The van der Waals surface area contributed by atoms with Crippen molar-refractivity contribution in [1.82, 2.24) is 26.2 Å². The first-order chi connectivity index (χ1) is 17.1. The van der Waals surface area contributed by atoms with Crippen LogP contribution in [0.3, 0.4) is 0 Å². The van der Waals surface area contributed by atoms with Gasteiger partial charge in [0.1, 0.15) is 12.0 Å². The third-order valence-electron chi connectivity index (χ3n) is 6.64. The standard InChI is InChI=1S/C24H31ClFN7O3/c1-24(2,7-19(34)32-36)8-20(35)33-5-3-4-14(13-33)9-27-23-18(26)12-30-22(31-23)17-11-29-21-16(17)6-15(25)10-28-21/h6,10-11,14,21,27-29H,3-5,7-9,12-13H2,1-2H3,(H,30,31)/t14-,21+/m1/s1. The predicted molar refractivity (Wildman–Crippen MR) is 135 cm³/mol. The average molecular weight is 520 g/mol. The van der Waals surface area contributed by atoms with Gasteiger partial charge in [0, 0.05) is 61.2 Å². The fourth-order valence-electron chi connectivity index (χ4n) is 4.82. The number of fused-ring (bicyclic) bond motifs is 1. The van der Waals surface area contributed by atoms with Crippen molar-refractivity contribution in [2.45, 2.75) is 45.7 Å². The van der Waals surface area contributed by atoms with Crippen molar-refractivity contribution in [3.63, 3.8) is 0 Å². The third-order valence-corrected chi connectivity index (χ3v) is 6.85. The van der Waals surface area contributed by atoms with Crippen molar-refractivity contribution in [2.75, 3.05) is 26.2 Å². The molecule has 0 aromatic carbocycles. The first kappa shape index (κ1) is 25.9. The fraction of sp³-hybridized carbons (Fsp3) is 0.542. The summed E-state index contributed by atoms with van der Waals surface area (Å²) in [6, 6.07) is 0. The van der Waals surface area contributed by atoms with Crippen LogP contribution in [0.15, 0.2) is 56.5 Å². The number of allylic oxidation sites excluding steroid dienone is 2. The highest BCUT2D eigenvalue weighted by atomic mass is 35.5. The number of rotatable bonds is 8. The zero-order valence-corrected chi connectivity index (χ0v) is 21.1. The average Bonchev–Trinajstić information content (AvgIpc) is 3.26. The van der Waals surface area contributed by atoms with Crippen molar-refractivity contribution in [3.05, 3.63) is 51.2 Å². The summed E-state index contributed by atoms with van der Waals surface area (Å²) in [5, 5.41) is 15.5. The minimum Gasteiger partial charge on any atom is -0.367 e. The van der Waals surface area contributed by atoms with E-state index in [1.807, 2.05) is 12.3 Å². The Labute approximate surface area is 214 Å². The number of carbonyl (C=O) groups excluding carboxylic acids is 2. The molecule has 1 saturated heterocycles. The molecular weight excluding hydrogens is 489 g/mol. The first-order valence-electron chi connectivity index (χ1n) is 12.0. The number of nitroso groups, excluding NO2 is 1. The molecule has 36 heavy (non-hydrogen) atoms. The van der Waals surface area contributed by atoms with Gasteiger partial charge in [0.25, 0.3) is 5.91 Å². The Morgan fingerprint density at radius 3 is 2.86 bits per heavy atom. The van der Waals surface area contributed by atoms with Gasteiger partial charge in [-0.05, 0) is 30.3 Å². The summed E-state index contributed by atoms with van der Waals surface area (Å²) in [6.07, 6.45) is 7.10. The second-order valence-corrected chi connectivity index (χ2v) is 10.7. The predicted octanol–water partition coefficient (Wildman–Crippen LogP) is 2.48. The van der Waals surface area contributed by atoms with Crippen LogP contribution in [0.2, 0.25) is 0 Å². The van der Waals surface area contributed by atoms with Crippen molar-refractivity contribution >= 4 is 29.3 Å². The number of hydrogen-bond donors (Lipinski definition) is 4. The summed E-state index contributed by atoms with van der Waals surface area (Å²) >= 11 is 6.14. The molecule has 4 N–H and O–H groups in total. The van der Waals surface area contributed by atoms with Gasteiger partial charge in [-0.25, -0.2) is 9.38 Å². The largest absolute Gasteiger partial charge is 0.367 e. The SMILES string of the molecule is CC(C)(CC(=O)N=O)CC(=O)N1CCC[C@H](CNC2=C(F)CNC(C3=CN[C@@H]4NC=C(Cl)C=C34)=N2)C1. The van der Waals surface area contributed by atoms with Crippen LogP contribution < -0.4 is 21.3 Å². The van der Waals surface area contributed by atoms with Crippen LogP contribution >= 0.6 is 11.6 Å². The maximum absolute atomic E-state index is 14.6. The van der Waals surface area contributed by atoms with Crippen LogP contribution in [0.4, 0.5) is 4.39 Å². The zero-order valence-electron chi connectivity index (χ0n) is 20.4. The third kappa shape index (κ3) is 6.13. The molecule has 1 fully saturated rings. The molecule has 4 aliphatic rings. The molecule has 0 unspecified atom stereocenters. The molecule has 4 aliphatic heterocycles. The van der Waals surface area contributed by atoms with Gasteiger partial charge < -0.3 is 26.2 Å². The second kappa shape index (κ2) is 10.8. The Kier molecular flexibility index (Phi) is 7.77. The van der Waals surface area contributed by atoms with Gasteiger partial charge in [-0.3, -0.25) is 9.59 Å².